The van der Waals surface area contributed by atoms with E-state index in [1.54, 1.807) is 29.9 Å². The maximum atomic E-state index is 4.45. The summed E-state index contributed by atoms with van der Waals surface area (Å²) >= 11 is 3.21. The van der Waals surface area contributed by atoms with Gasteiger partial charge in [-0.2, -0.15) is 0 Å². The number of aromatic nitrogens is 4. The largest absolute Gasteiger partial charge is 0.290 e. The number of thioether (sulfide) groups is 2. The molecule has 0 spiro atoms. The lowest BCUT2D eigenvalue weighted by Gasteiger charge is -2.02. The van der Waals surface area contributed by atoms with Gasteiger partial charge in [-0.1, -0.05) is 0 Å². The van der Waals surface area contributed by atoms with Crippen LogP contribution in [0.2, 0.25) is 0 Å². The summed E-state index contributed by atoms with van der Waals surface area (Å²) in [6.45, 7) is 1.94. The fourth-order valence-corrected chi connectivity index (χ4v) is 2.39. The number of rotatable bonds is 2. The van der Waals surface area contributed by atoms with Gasteiger partial charge in [0.25, 0.3) is 0 Å². The maximum Gasteiger partial charge on any atom is 0.159 e. The van der Waals surface area contributed by atoms with Gasteiger partial charge in [-0.15, -0.1) is 23.5 Å². The Labute approximate surface area is 114 Å². The highest BCUT2D eigenvalue weighted by Crippen LogP contribution is 2.18. The van der Waals surface area contributed by atoms with E-state index in [2.05, 4.69) is 19.9 Å². The molecule has 2 aromatic rings. The van der Waals surface area contributed by atoms with E-state index in [9.17, 15) is 0 Å². The first kappa shape index (κ1) is 13.1. The molecule has 0 amide bonds. The van der Waals surface area contributed by atoms with Gasteiger partial charge in [-0.25, -0.2) is 19.9 Å². The quantitative estimate of drug-likeness (QED) is 0.625. The zero-order chi connectivity index (χ0) is 13.0. The molecule has 0 aromatic carbocycles. The van der Waals surface area contributed by atoms with Crippen LogP contribution < -0.4 is 0 Å². The lowest BCUT2D eigenvalue weighted by Crippen LogP contribution is -1.95. The molecule has 94 valence electrons. The summed E-state index contributed by atoms with van der Waals surface area (Å²) in [4.78, 5) is 17.0. The second-order valence-corrected chi connectivity index (χ2v) is 5.29. The van der Waals surface area contributed by atoms with E-state index in [0.29, 0.717) is 5.82 Å². The van der Waals surface area contributed by atoms with E-state index >= 15 is 0 Å². The van der Waals surface area contributed by atoms with Crippen molar-refractivity contribution in [3.05, 3.63) is 30.6 Å². The van der Waals surface area contributed by atoms with Crippen molar-refractivity contribution in [3.8, 4) is 5.82 Å². The van der Waals surface area contributed by atoms with Gasteiger partial charge in [0.2, 0.25) is 0 Å². The summed E-state index contributed by atoms with van der Waals surface area (Å²) in [5, 5.41) is 0. The van der Waals surface area contributed by atoms with Crippen molar-refractivity contribution in [3.63, 3.8) is 0 Å². The molecule has 7 heteroatoms. The van der Waals surface area contributed by atoms with Gasteiger partial charge in [0.15, 0.2) is 5.82 Å². The topological polar surface area (TPSA) is 56.0 Å². The third-order valence-electron chi connectivity index (χ3n) is 2.17. The summed E-state index contributed by atoms with van der Waals surface area (Å²) in [5.41, 5.74) is 0.951. The molecule has 0 unspecified atom stereocenters. The third kappa shape index (κ3) is 3.11. The van der Waals surface area contributed by atoms with Gasteiger partial charge in [0.1, 0.15) is 22.8 Å². The number of nitrogens with zero attached hydrogens (tertiary/aromatic N) is 5. The molecule has 18 heavy (non-hydrogen) atoms. The number of imidazole rings is 1. The van der Waals surface area contributed by atoms with Crippen LogP contribution in [0.15, 0.2) is 29.9 Å². The highest BCUT2D eigenvalue weighted by Gasteiger charge is 2.02. The molecule has 0 bridgehead atoms. The van der Waals surface area contributed by atoms with Crippen LogP contribution >= 0.6 is 23.5 Å². The first-order valence-corrected chi connectivity index (χ1v) is 7.67. The van der Waals surface area contributed by atoms with Gasteiger partial charge < -0.3 is 0 Å². The minimum atomic E-state index is 0.657. The van der Waals surface area contributed by atoms with Crippen LogP contribution in [-0.4, -0.2) is 36.4 Å². The number of aliphatic imine (C=N–C) groups is 1. The number of hydrogen-bond donors (Lipinski definition) is 0. The van der Waals surface area contributed by atoms with Gasteiger partial charge in [0, 0.05) is 12.3 Å². The lowest BCUT2D eigenvalue weighted by molar-refractivity contribution is 0.970. The molecular weight excluding hydrogens is 266 g/mol. The third-order valence-corrected chi connectivity index (χ3v) is 4.05. The van der Waals surface area contributed by atoms with Crippen LogP contribution in [-0.2, 0) is 0 Å². The Morgan fingerprint density at radius 1 is 1.22 bits per heavy atom. The van der Waals surface area contributed by atoms with Crippen LogP contribution in [0.1, 0.15) is 5.69 Å². The van der Waals surface area contributed by atoms with Crippen molar-refractivity contribution in [2.75, 3.05) is 12.5 Å². The van der Waals surface area contributed by atoms with Crippen LogP contribution in [0.5, 0.6) is 0 Å². The Morgan fingerprint density at radius 3 is 2.61 bits per heavy atom. The molecule has 0 saturated heterocycles. The average molecular weight is 279 g/mol. The molecule has 0 saturated carbocycles. The standard InChI is InChI=1S/C11H13N5S2/c1-8-5-16(7-14-8)10-4-9(12-6-13-10)15-11(17-2)18-3/h4-7H,1-3H3. The van der Waals surface area contributed by atoms with E-state index in [-0.39, 0.29) is 0 Å². The number of aryl methyl sites for hydroxylation is 1. The van der Waals surface area contributed by atoms with Gasteiger partial charge in [0.05, 0.1) is 5.69 Å². The summed E-state index contributed by atoms with van der Waals surface area (Å²) in [7, 11) is 0. The normalized spacial score (nSPS) is 10.4. The molecule has 2 rings (SSSR count). The predicted molar refractivity (Wildman–Crippen MR) is 78.0 cm³/mol. The van der Waals surface area contributed by atoms with Crippen molar-refractivity contribution >= 4 is 33.7 Å². The Balaban J connectivity index is 2.33. The van der Waals surface area contributed by atoms with Crippen LogP contribution in [0.25, 0.3) is 5.82 Å². The monoisotopic (exact) mass is 279 g/mol. The number of hydrogen-bond acceptors (Lipinski definition) is 6. The zero-order valence-electron chi connectivity index (χ0n) is 10.4. The molecule has 0 N–H and O–H groups in total. The molecule has 0 atom stereocenters. The second kappa shape index (κ2) is 6.01. The van der Waals surface area contributed by atoms with E-state index < -0.39 is 0 Å². The second-order valence-electron chi connectivity index (χ2n) is 3.44. The van der Waals surface area contributed by atoms with Crippen LogP contribution in [0, 0.1) is 6.92 Å². The first-order valence-electron chi connectivity index (χ1n) is 5.22. The highest BCUT2D eigenvalue weighted by molar-refractivity contribution is 8.38. The van der Waals surface area contributed by atoms with Gasteiger partial charge in [-0.3, -0.25) is 4.57 Å². The van der Waals surface area contributed by atoms with Crippen molar-refractivity contribution < 1.29 is 0 Å². The Bertz CT molecular complexity index is 558. The highest BCUT2D eigenvalue weighted by atomic mass is 32.2. The zero-order valence-corrected chi connectivity index (χ0v) is 12.0. The molecule has 0 aliphatic heterocycles. The van der Waals surface area contributed by atoms with Gasteiger partial charge in [-0.05, 0) is 19.4 Å². The summed E-state index contributed by atoms with van der Waals surface area (Å²) in [6, 6.07) is 1.84. The van der Waals surface area contributed by atoms with E-state index in [1.165, 1.54) is 6.33 Å². The molecule has 0 aliphatic carbocycles. The fourth-order valence-electron chi connectivity index (χ4n) is 1.35. The minimum Gasteiger partial charge on any atom is -0.290 e. The predicted octanol–water partition coefficient (Wildman–Crippen LogP) is 2.68. The molecular formula is C11H13N5S2. The summed E-state index contributed by atoms with van der Waals surface area (Å²) < 4.78 is 2.83. The smallest absolute Gasteiger partial charge is 0.159 e. The maximum absolute atomic E-state index is 4.45. The van der Waals surface area contributed by atoms with Crippen LogP contribution in [0.3, 0.4) is 0 Å². The molecule has 0 fully saturated rings. The Kier molecular flexibility index (Phi) is 4.38. The fraction of sp³-hybridized carbons (Fsp3) is 0.273. The van der Waals surface area contributed by atoms with Crippen molar-refractivity contribution in [1.82, 2.24) is 19.5 Å². The molecule has 0 aliphatic rings. The van der Waals surface area contributed by atoms with Gasteiger partial charge >= 0.3 is 0 Å². The minimum absolute atomic E-state index is 0.657. The molecule has 5 nitrogen and oxygen atoms in total. The van der Waals surface area contributed by atoms with E-state index in [0.717, 1.165) is 15.9 Å². The first-order chi connectivity index (χ1) is 8.72. The lowest BCUT2D eigenvalue weighted by atomic mass is 10.5. The van der Waals surface area contributed by atoms with E-state index in [4.69, 9.17) is 0 Å². The Hall–Kier alpha value is -1.34. The average Bonchev–Trinajstić information content (AvgIpc) is 2.83. The summed E-state index contributed by atoms with van der Waals surface area (Å²) in [5.74, 6) is 1.43. The van der Waals surface area contributed by atoms with Crippen molar-refractivity contribution in [2.45, 2.75) is 6.92 Å². The van der Waals surface area contributed by atoms with Crippen LogP contribution in [0.4, 0.5) is 5.82 Å². The molecule has 2 aromatic heterocycles. The van der Waals surface area contributed by atoms with Crippen molar-refractivity contribution in [2.24, 2.45) is 4.99 Å². The SMILES string of the molecule is CSC(=Nc1cc(-n2cnc(C)c2)ncn1)SC. The molecule has 2 heterocycles. The molecule has 0 radical (unpaired) electrons. The Morgan fingerprint density at radius 2 is 2.00 bits per heavy atom. The summed E-state index contributed by atoms with van der Waals surface area (Å²) in [6.07, 6.45) is 9.16. The van der Waals surface area contributed by atoms with Crippen molar-refractivity contribution in [1.29, 1.82) is 0 Å². The van der Waals surface area contributed by atoms with E-state index in [1.807, 2.05) is 36.3 Å².